The number of hydrogen-bond acceptors (Lipinski definition) is 0. The van der Waals surface area contributed by atoms with Gasteiger partial charge in [-0.05, 0) is 35.1 Å². The van der Waals surface area contributed by atoms with Crippen LogP contribution in [0.15, 0.2) is 84.9 Å². The minimum Gasteiger partial charge on any atom is -0.104 e. The molecule has 0 unspecified atom stereocenters. The van der Waals surface area contributed by atoms with Crippen LogP contribution in [0.2, 0.25) is 0 Å². The maximum absolute atomic E-state index is 7.50. The van der Waals surface area contributed by atoms with Gasteiger partial charge in [-0.2, -0.15) is 0 Å². The highest BCUT2D eigenvalue weighted by atomic mass is 35.5. The second-order valence-electron chi connectivity index (χ2n) is 7.57. The Labute approximate surface area is 175 Å². The van der Waals surface area contributed by atoms with Gasteiger partial charge in [-0.25, -0.2) is 0 Å². The Bertz CT molecular complexity index is 784. The van der Waals surface area contributed by atoms with Crippen molar-refractivity contribution in [2.45, 2.75) is 56.7 Å². The van der Waals surface area contributed by atoms with Gasteiger partial charge in [-0.15, -0.1) is 11.6 Å². The van der Waals surface area contributed by atoms with Crippen LogP contribution >= 0.6 is 11.6 Å². The van der Waals surface area contributed by atoms with Crippen molar-refractivity contribution in [3.63, 3.8) is 0 Å². The molecular formula is C27H31Cl. The number of benzene rings is 3. The summed E-state index contributed by atoms with van der Waals surface area (Å²) in [5.41, 5.74) is 4.82. The van der Waals surface area contributed by atoms with Crippen LogP contribution in [0.4, 0.5) is 0 Å². The molecular weight excluding hydrogens is 360 g/mol. The molecule has 3 aromatic carbocycles. The average molecular weight is 391 g/mol. The van der Waals surface area contributed by atoms with E-state index in [9.17, 15) is 0 Å². The summed E-state index contributed by atoms with van der Waals surface area (Å²) in [7, 11) is 0. The van der Waals surface area contributed by atoms with Crippen molar-refractivity contribution in [2.24, 2.45) is 0 Å². The summed E-state index contributed by atoms with van der Waals surface area (Å²) < 4.78 is 0. The Morgan fingerprint density at radius 1 is 0.607 bits per heavy atom. The monoisotopic (exact) mass is 390 g/mol. The molecule has 0 aromatic heterocycles. The van der Waals surface area contributed by atoms with E-state index in [0.29, 0.717) is 0 Å². The minimum atomic E-state index is -0.665. The van der Waals surface area contributed by atoms with Gasteiger partial charge in [-0.1, -0.05) is 124 Å². The van der Waals surface area contributed by atoms with Gasteiger partial charge in [0.05, 0.1) is 0 Å². The summed E-state index contributed by atoms with van der Waals surface area (Å²) in [5, 5.41) is 0. The molecule has 0 heterocycles. The van der Waals surface area contributed by atoms with Gasteiger partial charge in [0.25, 0.3) is 0 Å². The van der Waals surface area contributed by atoms with Gasteiger partial charge in [0.2, 0.25) is 0 Å². The van der Waals surface area contributed by atoms with Crippen LogP contribution in [0, 0.1) is 0 Å². The SMILES string of the molecule is CCCCCCCCc1ccccc1C(Cl)(c1ccccc1)c1ccccc1. The fraction of sp³-hybridized carbons (Fsp3) is 0.333. The first kappa shape index (κ1) is 20.7. The van der Waals surface area contributed by atoms with Gasteiger partial charge in [-0.3, -0.25) is 0 Å². The summed E-state index contributed by atoms with van der Waals surface area (Å²) in [6.45, 7) is 2.27. The van der Waals surface area contributed by atoms with E-state index in [2.05, 4.69) is 79.7 Å². The van der Waals surface area contributed by atoms with E-state index in [0.717, 1.165) is 17.5 Å². The topological polar surface area (TPSA) is 0 Å². The molecule has 0 amide bonds. The maximum Gasteiger partial charge on any atom is 0.120 e. The molecule has 0 aliphatic carbocycles. The lowest BCUT2D eigenvalue weighted by atomic mass is 9.81. The molecule has 0 atom stereocenters. The molecule has 0 saturated heterocycles. The number of halogens is 1. The van der Waals surface area contributed by atoms with Crippen LogP contribution in [-0.2, 0) is 11.3 Å². The third-order valence-corrected chi connectivity index (χ3v) is 6.17. The zero-order valence-corrected chi connectivity index (χ0v) is 17.7. The Morgan fingerprint density at radius 2 is 1.11 bits per heavy atom. The van der Waals surface area contributed by atoms with E-state index in [-0.39, 0.29) is 0 Å². The number of alkyl halides is 1. The number of aryl methyl sites for hydroxylation is 1. The molecule has 28 heavy (non-hydrogen) atoms. The Kier molecular flexibility index (Phi) is 7.74. The van der Waals surface area contributed by atoms with E-state index in [4.69, 9.17) is 11.6 Å². The first-order chi connectivity index (χ1) is 13.8. The molecule has 1 heteroatoms. The van der Waals surface area contributed by atoms with Crippen molar-refractivity contribution >= 4 is 11.6 Å². The fourth-order valence-electron chi connectivity index (χ4n) is 3.98. The molecule has 0 N–H and O–H groups in total. The normalized spacial score (nSPS) is 11.5. The number of rotatable bonds is 10. The minimum absolute atomic E-state index is 0.665. The van der Waals surface area contributed by atoms with Crippen LogP contribution in [0.1, 0.15) is 67.7 Å². The fourth-order valence-corrected chi connectivity index (χ4v) is 4.42. The molecule has 0 spiro atoms. The molecule has 0 saturated carbocycles. The van der Waals surface area contributed by atoms with Crippen LogP contribution < -0.4 is 0 Å². The highest BCUT2D eigenvalue weighted by Crippen LogP contribution is 2.44. The zero-order chi connectivity index (χ0) is 19.7. The van der Waals surface area contributed by atoms with Gasteiger partial charge in [0.1, 0.15) is 4.87 Å². The lowest BCUT2D eigenvalue weighted by Gasteiger charge is -2.31. The second kappa shape index (κ2) is 10.5. The van der Waals surface area contributed by atoms with Crippen molar-refractivity contribution in [3.8, 4) is 0 Å². The highest BCUT2D eigenvalue weighted by molar-refractivity contribution is 6.28. The molecule has 3 rings (SSSR count). The highest BCUT2D eigenvalue weighted by Gasteiger charge is 2.35. The van der Waals surface area contributed by atoms with E-state index in [1.165, 1.54) is 49.7 Å². The molecule has 0 nitrogen and oxygen atoms in total. The first-order valence-electron chi connectivity index (χ1n) is 10.6. The smallest absolute Gasteiger partial charge is 0.104 e. The van der Waals surface area contributed by atoms with Crippen molar-refractivity contribution in [1.29, 1.82) is 0 Å². The molecule has 0 aliphatic heterocycles. The van der Waals surface area contributed by atoms with E-state index < -0.39 is 4.87 Å². The predicted molar refractivity (Wildman–Crippen MR) is 122 cm³/mol. The Morgan fingerprint density at radius 3 is 1.71 bits per heavy atom. The lowest BCUT2D eigenvalue weighted by Crippen LogP contribution is -2.24. The summed E-state index contributed by atoms with van der Waals surface area (Å²) in [6.07, 6.45) is 8.92. The first-order valence-corrected chi connectivity index (χ1v) is 11.0. The van der Waals surface area contributed by atoms with Crippen molar-refractivity contribution in [3.05, 3.63) is 107 Å². The largest absolute Gasteiger partial charge is 0.120 e. The van der Waals surface area contributed by atoms with Crippen LogP contribution in [-0.4, -0.2) is 0 Å². The Balaban J connectivity index is 1.92. The summed E-state index contributed by atoms with van der Waals surface area (Å²) in [6, 6.07) is 29.7. The second-order valence-corrected chi connectivity index (χ2v) is 8.13. The van der Waals surface area contributed by atoms with Crippen molar-refractivity contribution < 1.29 is 0 Å². The van der Waals surface area contributed by atoms with Crippen LogP contribution in [0.5, 0.6) is 0 Å². The molecule has 0 radical (unpaired) electrons. The molecule has 3 aromatic rings. The van der Waals surface area contributed by atoms with Crippen LogP contribution in [0.25, 0.3) is 0 Å². The third kappa shape index (κ3) is 4.86. The number of unbranched alkanes of at least 4 members (excludes halogenated alkanes) is 5. The molecule has 0 fully saturated rings. The van der Waals surface area contributed by atoms with E-state index in [1.54, 1.807) is 0 Å². The summed E-state index contributed by atoms with van der Waals surface area (Å²) in [4.78, 5) is -0.665. The molecule has 146 valence electrons. The molecule has 0 bridgehead atoms. The third-order valence-electron chi connectivity index (χ3n) is 5.53. The number of hydrogen-bond donors (Lipinski definition) is 0. The van der Waals surface area contributed by atoms with E-state index >= 15 is 0 Å². The summed E-state index contributed by atoms with van der Waals surface area (Å²) in [5.74, 6) is 0. The predicted octanol–water partition coefficient (Wildman–Crippen LogP) is 8.12. The standard InChI is InChI=1S/C27H31Cl/c1-2-3-4-5-6-9-16-23-17-14-15-22-26(23)27(28,24-18-10-7-11-19-24)25-20-12-8-13-21-25/h7-8,10-15,17-22H,2-6,9,16H2,1H3. The van der Waals surface area contributed by atoms with Gasteiger partial charge in [0.15, 0.2) is 0 Å². The van der Waals surface area contributed by atoms with E-state index in [1.807, 2.05) is 12.1 Å². The summed E-state index contributed by atoms with van der Waals surface area (Å²) >= 11 is 7.50. The maximum atomic E-state index is 7.50. The van der Waals surface area contributed by atoms with Crippen molar-refractivity contribution in [1.82, 2.24) is 0 Å². The lowest BCUT2D eigenvalue weighted by molar-refractivity contribution is 0.606. The quantitative estimate of drug-likeness (QED) is 0.186. The van der Waals surface area contributed by atoms with Gasteiger partial charge < -0.3 is 0 Å². The average Bonchev–Trinajstić information content (AvgIpc) is 2.77. The van der Waals surface area contributed by atoms with Gasteiger partial charge in [0, 0.05) is 0 Å². The Hall–Kier alpha value is -2.05. The van der Waals surface area contributed by atoms with Crippen LogP contribution in [0.3, 0.4) is 0 Å². The van der Waals surface area contributed by atoms with Crippen molar-refractivity contribution in [2.75, 3.05) is 0 Å². The zero-order valence-electron chi connectivity index (χ0n) is 16.9. The molecule has 0 aliphatic rings. The van der Waals surface area contributed by atoms with Gasteiger partial charge >= 0.3 is 0 Å².